The average molecular weight is 1070 g/mol. The van der Waals surface area contributed by atoms with Gasteiger partial charge < -0.3 is 0 Å². The first-order valence-corrected chi connectivity index (χ1v) is 33.3. The van der Waals surface area contributed by atoms with E-state index in [1.807, 2.05) is 0 Å². The van der Waals surface area contributed by atoms with Gasteiger partial charge in [-0.1, -0.05) is 34.6 Å². The van der Waals surface area contributed by atoms with E-state index in [2.05, 4.69) is 111 Å². The van der Waals surface area contributed by atoms with Crippen LogP contribution < -0.4 is 0 Å². The summed E-state index contributed by atoms with van der Waals surface area (Å²) < 4.78 is 9.94. The molecular weight excluding hydrogens is 941 g/mol. The first kappa shape index (κ1) is 61.5. The van der Waals surface area contributed by atoms with Crippen molar-refractivity contribution in [1.29, 1.82) is 0 Å². The van der Waals surface area contributed by atoms with Crippen LogP contribution in [-0.2, 0) is 0 Å². The maximum Gasteiger partial charge on any atom is 0.140 e. The van der Waals surface area contributed by atoms with Crippen molar-refractivity contribution in [3.05, 3.63) is 0 Å². The van der Waals surface area contributed by atoms with Crippen molar-refractivity contribution < 1.29 is 31.4 Å². The maximum absolute atomic E-state index is 2.61. The van der Waals surface area contributed by atoms with Crippen LogP contribution in [0.15, 0.2) is 0 Å². The van der Waals surface area contributed by atoms with Crippen molar-refractivity contribution in [1.82, 2.24) is 34.3 Å². The van der Waals surface area contributed by atoms with Crippen LogP contribution in [0, 0.1) is 5.92 Å². The van der Waals surface area contributed by atoms with Gasteiger partial charge in [-0.15, -0.1) is 0 Å². The van der Waals surface area contributed by atoms with Crippen molar-refractivity contribution in [3.8, 4) is 0 Å². The van der Waals surface area contributed by atoms with Crippen LogP contribution in [0.25, 0.3) is 0 Å². The van der Waals surface area contributed by atoms with Crippen LogP contribution in [0.1, 0.15) is 172 Å². The fourth-order valence-electron chi connectivity index (χ4n) is 17.1. The Morgan fingerprint density at radius 1 is 0.342 bits per heavy atom. The summed E-state index contributed by atoms with van der Waals surface area (Å²) in [4.78, 5) is 17.9. The number of hydrogen-bond donors (Lipinski definition) is 0. The van der Waals surface area contributed by atoms with E-state index in [-0.39, 0.29) is 0 Å². The molecule has 0 bridgehead atoms. The minimum Gasteiger partial charge on any atom is -0.298 e. The zero-order valence-electron chi connectivity index (χ0n) is 52.9. The lowest BCUT2D eigenvalue weighted by atomic mass is 10.1. The highest BCUT2D eigenvalue weighted by Crippen LogP contribution is 2.35. The molecule has 14 rings (SSSR count). The predicted octanol–water partition coefficient (Wildman–Crippen LogP) is 8.13. The first-order chi connectivity index (χ1) is 36.3. The Hall–Kier alpha value is -0.560. The summed E-state index contributed by atoms with van der Waals surface area (Å²) in [7, 11) is 2.21. The highest BCUT2D eigenvalue weighted by atomic mass is 15.7. The third-order valence-corrected chi connectivity index (χ3v) is 21.4. The van der Waals surface area contributed by atoms with E-state index < -0.39 is 0 Å². The van der Waals surface area contributed by atoms with Crippen LogP contribution in [0.5, 0.6) is 0 Å². The third kappa shape index (κ3) is 16.2. The predicted molar refractivity (Wildman–Crippen MR) is 317 cm³/mol. The molecule has 442 valence electrons. The minimum absolute atomic E-state index is 0.395. The third-order valence-electron chi connectivity index (χ3n) is 21.4. The van der Waals surface area contributed by atoms with Crippen LogP contribution in [0.4, 0.5) is 0 Å². The molecule has 0 aromatic rings. The molecule has 0 N–H and O–H groups in total. The molecule has 14 aliphatic rings. The molecule has 0 atom stereocenters. The summed E-state index contributed by atoms with van der Waals surface area (Å²) >= 11 is 0. The first-order valence-electron chi connectivity index (χ1n) is 33.3. The normalized spacial score (nSPS) is 29.8. The Morgan fingerprint density at radius 3 is 0.855 bits per heavy atom. The Labute approximate surface area is 471 Å². The summed E-state index contributed by atoms with van der Waals surface area (Å²) in [5, 5.41) is 0. The second-order valence-electron chi connectivity index (χ2n) is 30.7. The van der Waals surface area contributed by atoms with Crippen molar-refractivity contribution in [2.45, 2.75) is 184 Å². The van der Waals surface area contributed by atoms with Gasteiger partial charge in [0.25, 0.3) is 0 Å². The van der Waals surface area contributed by atoms with Crippen LogP contribution in [0.2, 0.25) is 0 Å². The van der Waals surface area contributed by atoms with Gasteiger partial charge in [0.15, 0.2) is 0 Å². The molecule has 0 aliphatic carbocycles. The molecule has 0 unspecified atom stereocenters. The van der Waals surface area contributed by atoms with E-state index in [1.165, 1.54) is 345 Å². The van der Waals surface area contributed by atoms with E-state index in [1.54, 1.807) is 0 Å². The largest absolute Gasteiger partial charge is 0.298 e. The monoisotopic (exact) mass is 1070 g/mol. The molecule has 14 heterocycles. The topological polar surface area (TPSA) is 22.7 Å². The molecule has 0 aromatic heterocycles. The lowest BCUT2D eigenvalue weighted by Crippen LogP contribution is -2.71. The average Bonchev–Trinajstić information content (AvgIpc) is 4.16. The Bertz CT molecular complexity index is 1600. The quantitative estimate of drug-likeness (QED) is 0.227. The van der Waals surface area contributed by atoms with Gasteiger partial charge in [-0.3, -0.25) is 31.4 Å². The van der Waals surface area contributed by atoms with Crippen molar-refractivity contribution >= 4 is 0 Å². The van der Waals surface area contributed by atoms with Gasteiger partial charge in [0.05, 0.1) is 91.6 Å². The second kappa shape index (κ2) is 26.8. The van der Waals surface area contributed by atoms with Crippen molar-refractivity contribution in [2.75, 3.05) is 218 Å². The number of hydrogen-bond acceptors (Lipinski definition) is 7. The molecular formula is C62H131N14+7. The van der Waals surface area contributed by atoms with Gasteiger partial charge in [-0.2, -0.15) is 0 Å². The van der Waals surface area contributed by atoms with Gasteiger partial charge in [-0.25, -0.2) is 34.3 Å². The summed E-state index contributed by atoms with van der Waals surface area (Å²) in [6.45, 7) is 67.2. The molecule has 14 aliphatic heterocycles. The Morgan fingerprint density at radius 2 is 0.605 bits per heavy atom. The number of nitrogens with zero attached hydrogens (tertiary/aromatic N) is 14. The van der Waals surface area contributed by atoms with Crippen LogP contribution in [0.3, 0.4) is 0 Å². The zero-order chi connectivity index (χ0) is 54.1. The lowest BCUT2D eigenvalue weighted by molar-refractivity contribution is -0.988. The van der Waals surface area contributed by atoms with Crippen LogP contribution in [-0.4, -0.2) is 295 Å². The van der Waals surface area contributed by atoms with Gasteiger partial charge >= 0.3 is 0 Å². The Balaban J connectivity index is 0.000000118. The lowest BCUT2D eigenvalue weighted by Gasteiger charge is -2.54. The molecule has 14 saturated heterocycles. The Kier molecular flexibility index (Phi) is 21.7. The molecule has 0 saturated carbocycles. The van der Waals surface area contributed by atoms with Gasteiger partial charge in [0.2, 0.25) is 0 Å². The van der Waals surface area contributed by atoms with Gasteiger partial charge in [0, 0.05) is 128 Å². The summed E-state index contributed by atoms with van der Waals surface area (Å²) in [6, 6.07) is 0.763. The van der Waals surface area contributed by atoms with Gasteiger partial charge in [-0.05, 0) is 60.4 Å². The van der Waals surface area contributed by atoms with E-state index in [4.69, 9.17) is 0 Å². The molecule has 14 fully saturated rings. The molecule has 14 nitrogen and oxygen atoms in total. The zero-order valence-corrected chi connectivity index (χ0v) is 52.9. The smallest absolute Gasteiger partial charge is 0.140 e. The minimum atomic E-state index is 0.395. The molecule has 76 heavy (non-hydrogen) atoms. The summed E-state index contributed by atoms with van der Waals surface area (Å²) in [5.41, 5.74) is 0.395. The maximum atomic E-state index is 2.61. The molecule has 0 radical (unpaired) electrons. The fourth-order valence-corrected chi connectivity index (χ4v) is 17.1. The standard InChI is InChI=1S/2C10H21N2.3C9H19N2.C8H17N2.C7H15N2/c1-10(2,3)11-8-12(9-11)6-4-5-7-12;1-10(2)7-11-8-12(9-11)5-3-4-6-12;1-9(2)10-7-11(8-10)5-3-4-6-11;2*1-2-5-10-8-11(9-10)6-3-4-7-11;1-2-9-7-10(8-9)5-3-4-6-10;1-8-6-9(7-8)4-2-3-5-9/h4-9H2,1-3H3;10H,3-9H2,1-2H3;9H,3-8H2,1-2H3;2*2-9H2,1H3;2-8H2,1H3;2-7H2,1H3/q7*+1. The highest BCUT2D eigenvalue weighted by Gasteiger charge is 2.50. The van der Waals surface area contributed by atoms with E-state index in [0.717, 1.165) is 12.0 Å². The fraction of sp³-hybridized carbons (Fsp3) is 1.00. The van der Waals surface area contributed by atoms with E-state index in [9.17, 15) is 0 Å². The highest BCUT2D eigenvalue weighted by molar-refractivity contribution is 4.78. The van der Waals surface area contributed by atoms with Crippen molar-refractivity contribution in [3.63, 3.8) is 0 Å². The second-order valence-corrected chi connectivity index (χ2v) is 30.7. The SMILES string of the molecule is CC(C)(C)N1C[N+]2(CCCC2)C1.CC(C)CN1C[N+]2(CCCC2)C1.CC(C)N1C[N+]2(CCCC2)C1.CCCN1C[N+]2(CCCC2)C1.CCCN1C[N+]2(CCCC2)C1.CCN1C[N+]2(CCCC2)C1.CN1C[N+]2(CCCC2)C1. The van der Waals surface area contributed by atoms with E-state index >= 15 is 0 Å². The molecule has 14 heteroatoms. The molecule has 0 aromatic carbocycles. The summed E-state index contributed by atoms with van der Waals surface area (Å²) in [6.07, 6.45) is 23.2. The number of rotatable bonds is 8. The van der Waals surface area contributed by atoms with Gasteiger partial charge in [0.1, 0.15) is 93.4 Å². The van der Waals surface area contributed by atoms with Crippen LogP contribution >= 0.6 is 0 Å². The molecule has 7 spiro atoms. The van der Waals surface area contributed by atoms with E-state index in [0.29, 0.717) is 5.54 Å². The number of quaternary nitrogens is 7. The van der Waals surface area contributed by atoms with Crippen molar-refractivity contribution in [2.24, 2.45) is 5.92 Å². The molecule has 0 amide bonds. The summed E-state index contributed by atoms with van der Waals surface area (Å²) in [5.74, 6) is 0.841.